The lowest BCUT2D eigenvalue weighted by Gasteiger charge is -2.30. The predicted molar refractivity (Wildman–Crippen MR) is 105 cm³/mol. The smallest absolute Gasteiger partial charge is 0.252 e. The van der Waals surface area contributed by atoms with Crippen LogP contribution in [0.1, 0.15) is 47.7 Å². The minimum absolute atomic E-state index is 0.0995. The Kier molecular flexibility index (Phi) is 6.68. The number of primary amides is 1. The highest BCUT2D eigenvalue weighted by atomic mass is 16.5. The van der Waals surface area contributed by atoms with E-state index in [4.69, 9.17) is 16.7 Å². The second-order valence-electron chi connectivity index (χ2n) is 7.85. The van der Waals surface area contributed by atoms with Crippen molar-refractivity contribution >= 4 is 11.8 Å². The lowest BCUT2D eigenvalue weighted by Crippen LogP contribution is -2.47. The van der Waals surface area contributed by atoms with E-state index in [9.17, 15) is 19.8 Å². The molecule has 0 radical (unpaired) electrons. The molecule has 0 aliphatic heterocycles. The van der Waals surface area contributed by atoms with E-state index in [0.717, 1.165) is 0 Å². The van der Waals surface area contributed by atoms with Gasteiger partial charge in [0.05, 0.1) is 19.1 Å². The Balaban J connectivity index is 2.37. The molecule has 0 aromatic heterocycles. The van der Waals surface area contributed by atoms with Gasteiger partial charge in [-0.05, 0) is 55.9 Å². The summed E-state index contributed by atoms with van der Waals surface area (Å²) in [5, 5.41) is 27.7. The molecular formula is C21H25N3O5. The monoisotopic (exact) mass is 399 g/mol. The normalized spacial score (nSPS) is 17.8. The molecular weight excluding hydrogens is 374 g/mol. The minimum Gasteiger partial charge on any atom is -0.396 e. The van der Waals surface area contributed by atoms with Crippen LogP contribution in [-0.2, 0) is 4.79 Å². The summed E-state index contributed by atoms with van der Waals surface area (Å²) in [6.07, 6.45) is 0.621. The third-order valence-corrected chi connectivity index (χ3v) is 5.08. The molecule has 1 fully saturated rings. The summed E-state index contributed by atoms with van der Waals surface area (Å²) in [6.45, 7) is 2.92. The van der Waals surface area contributed by atoms with Gasteiger partial charge in [0.15, 0.2) is 0 Å². The van der Waals surface area contributed by atoms with Gasteiger partial charge in [-0.3, -0.25) is 14.8 Å². The summed E-state index contributed by atoms with van der Waals surface area (Å²) in [6, 6.07) is 4.53. The molecule has 0 bridgehead atoms. The molecule has 154 valence electrons. The summed E-state index contributed by atoms with van der Waals surface area (Å²) in [4.78, 5) is 24.0. The van der Waals surface area contributed by atoms with E-state index in [1.807, 2.05) is 0 Å². The highest BCUT2D eigenvalue weighted by Gasteiger charge is 2.52. The molecule has 1 aliphatic rings. The first-order valence-electron chi connectivity index (χ1n) is 8.99. The van der Waals surface area contributed by atoms with Crippen LogP contribution in [0.15, 0.2) is 18.2 Å². The molecule has 2 rings (SSSR count). The summed E-state index contributed by atoms with van der Waals surface area (Å²) >= 11 is 0. The molecule has 2 atom stereocenters. The topological polar surface area (TPSA) is 159 Å². The molecule has 0 unspecified atom stereocenters. The van der Waals surface area contributed by atoms with Gasteiger partial charge in [-0.15, -0.1) is 0 Å². The average Bonchev–Trinajstić information content (AvgIpc) is 3.38. The second kappa shape index (κ2) is 8.64. The van der Waals surface area contributed by atoms with Crippen molar-refractivity contribution in [2.75, 3.05) is 13.2 Å². The van der Waals surface area contributed by atoms with Gasteiger partial charge in [-0.2, -0.15) is 0 Å². The molecule has 2 amide bonds. The Bertz CT molecular complexity index is 924. The number of amides is 2. The van der Waals surface area contributed by atoms with Crippen LogP contribution < -0.4 is 16.9 Å². The number of rotatable bonds is 6. The van der Waals surface area contributed by atoms with Gasteiger partial charge in [0, 0.05) is 28.0 Å². The van der Waals surface area contributed by atoms with Crippen LogP contribution in [0.25, 0.3) is 0 Å². The van der Waals surface area contributed by atoms with Crippen LogP contribution in [0, 0.1) is 35.0 Å². The molecule has 0 saturated heterocycles. The highest BCUT2D eigenvalue weighted by Crippen LogP contribution is 2.51. The number of nitrogens with one attached hydrogen (secondary N) is 1. The standard InChI is InChI=1S/C21H25N3O5/c1-20(2,23)17(19(28)24-29)16-9-13(7-8-15(16)18(22)27)5-3-4-6-14-10-21(14,11-25)12-26/h7-9,14,17,25-26,29H,10-12,23H2,1-2H3,(H2,22,27)(H,24,28)/t14-,17+/m0/s1. The molecule has 1 aromatic rings. The zero-order valence-electron chi connectivity index (χ0n) is 16.3. The Morgan fingerprint density at radius 1 is 1.31 bits per heavy atom. The number of benzene rings is 1. The van der Waals surface area contributed by atoms with E-state index in [2.05, 4.69) is 23.7 Å². The van der Waals surface area contributed by atoms with Crippen molar-refractivity contribution in [3.8, 4) is 23.7 Å². The third-order valence-electron chi connectivity index (χ3n) is 5.08. The number of aliphatic hydroxyl groups excluding tert-OH is 2. The van der Waals surface area contributed by atoms with Crippen molar-refractivity contribution in [3.63, 3.8) is 0 Å². The first-order valence-corrected chi connectivity index (χ1v) is 8.99. The Hall–Kier alpha value is -2.88. The van der Waals surface area contributed by atoms with Crippen LogP contribution in [0.5, 0.6) is 0 Å². The summed E-state index contributed by atoms with van der Waals surface area (Å²) in [5.74, 6) is 8.45. The molecule has 29 heavy (non-hydrogen) atoms. The summed E-state index contributed by atoms with van der Waals surface area (Å²) in [7, 11) is 0. The highest BCUT2D eigenvalue weighted by molar-refractivity contribution is 5.97. The molecule has 0 heterocycles. The zero-order chi connectivity index (χ0) is 21.8. The predicted octanol–water partition coefficient (Wildman–Crippen LogP) is -0.542. The van der Waals surface area contributed by atoms with Crippen molar-refractivity contribution in [3.05, 3.63) is 34.9 Å². The van der Waals surface area contributed by atoms with Gasteiger partial charge in [-0.1, -0.05) is 11.8 Å². The molecule has 1 saturated carbocycles. The van der Waals surface area contributed by atoms with Gasteiger partial charge in [-0.25, -0.2) is 5.48 Å². The lowest BCUT2D eigenvalue weighted by molar-refractivity contribution is -0.132. The largest absolute Gasteiger partial charge is 0.396 e. The van der Waals surface area contributed by atoms with E-state index in [1.54, 1.807) is 25.4 Å². The van der Waals surface area contributed by atoms with E-state index in [0.29, 0.717) is 12.0 Å². The molecule has 0 spiro atoms. The van der Waals surface area contributed by atoms with Crippen LogP contribution in [0.4, 0.5) is 0 Å². The van der Waals surface area contributed by atoms with E-state index >= 15 is 0 Å². The average molecular weight is 399 g/mol. The summed E-state index contributed by atoms with van der Waals surface area (Å²) < 4.78 is 0. The molecule has 8 heteroatoms. The Morgan fingerprint density at radius 2 is 1.97 bits per heavy atom. The lowest BCUT2D eigenvalue weighted by atomic mass is 9.79. The number of hydrogen-bond acceptors (Lipinski definition) is 6. The number of aliphatic hydroxyl groups is 2. The first-order chi connectivity index (χ1) is 13.6. The van der Waals surface area contributed by atoms with Crippen LogP contribution in [0.3, 0.4) is 0 Å². The van der Waals surface area contributed by atoms with Crippen molar-refractivity contribution in [2.24, 2.45) is 22.8 Å². The van der Waals surface area contributed by atoms with E-state index < -0.39 is 28.7 Å². The molecule has 8 nitrogen and oxygen atoms in total. The number of carbonyl (C=O) groups excluding carboxylic acids is 2. The molecule has 1 aromatic carbocycles. The fraction of sp³-hybridized carbons (Fsp3) is 0.429. The maximum absolute atomic E-state index is 12.2. The Morgan fingerprint density at radius 3 is 2.45 bits per heavy atom. The fourth-order valence-corrected chi connectivity index (χ4v) is 3.23. The third kappa shape index (κ3) is 4.94. The van der Waals surface area contributed by atoms with E-state index in [-0.39, 0.29) is 30.3 Å². The van der Waals surface area contributed by atoms with Crippen LogP contribution in [0.2, 0.25) is 0 Å². The second-order valence-corrected chi connectivity index (χ2v) is 7.85. The molecule has 1 aliphatic carbocycles. The molecule has 8 N–H and O–H groups in total. The zero-order valence-corrected chi connectivity index (χ0v) is 16.3. The van der Waals surface area contributed by atoms with E-state index in [1.165, 1.54) is 12.1 Å². The van der Waals surface area contributed by atoms with Crippen molar-refractivity contribution < 1.29 is 25.0 Å². The van der Waals surface area contributed by atoms with Gasteiger partial charge < -0.3 is 21.7 Å². The van der Waals surface area contributed by atoms with Crippen molar-refractivity contribution in [1.29, 1.82) is 0 Å². The van der Waals surface area contributed by atoms with Gasteiger partial charge >= 0.3 is 0 Å². The maximum atomic E-state index is 12.2. The van der Waals surface area contributed by atoms with Gasteiger partial charge in [0.2, 0.25) is 5.91 Å². The quantitative estimate of drug-likeness (QED) is 0.214. The number of carbonyl (C=O) groups is 2. The van der Waals surface area contributed by atoms with Crippen LogP contribution in [-0.4, -0.2) is 46.0 Å². The SMILES string of the molecule is CC(C)(N)[C@@H](C(=O)NO)c1cc(C#CC#C[C@H]2CC2(CO)CO)ccc1C(N)=O. The van der Waals surface area contributed by atoms with Crippen molar-refractivity contribution in [1.82, 2.24) is 5.48 Å². The Labute approximate surface area is 169 Å². The summed E-state index contributed by atoms with van der Waals surface area (Å²) in [5.41, 5.74) is 12.3. The van der Waals surface area contributed by atoms with Gasteiger partial charge in [0.25, 0.3) is 5.91 Å². The van der Waals surface area contributed by atoms with Gasteiger partial charge in [0.1, 0.15) is 0 Å². The van der Waals surface area contributed by atoms with Crippen molar-refractivity contribution in [2.45, 2.75) is 31.7 Å². The minimum atomic E-state index is -1.10. The number of nitrogens with two attached hydrogens (primary N) is 2. The fourth-order valence-electron chi connectivity index (χ4n) is 3.23. The first kappa shape index (κ1) is 22.4. The maximum Gasteiger partial charge on any atom is 0.252 e. The number of hydrogen-bond donors (Lipinski definition) is 6. The number of hydroxylamine groups is 1. The van der Waals surface area contributed by atoms with Crippen LogP contribution >= 0.6 is 0 Å².